The summed E-state index contributed by atoms with van der Waals surface area (Å²) in [6, 6.07) is -7.00. The molecular weight excluding hydrogens is 326 g/mol. The second-order valence-electron chi connectivity index (χ2n) is 4.53. The standard InChI is InChI=1S/C22H31NO3/c1-3-23(4-2)17-11-12-18-26-21(24)22(25,19-13-7-5-8-14-19)20-15-9-6-10-16-20/h5,7-8,13-14,20,25H,3-4,6,9-10,15-18H2,1-2H3/i1D3,2D3,5D,6D2,7D,8D,9D2,10D2,13D,14D,15D2,16D2,17D2,20D,25D. The first-order valence-corrected chi connectivity index (χ1v) is 7.07. The number of aliphatic hydroxyl groups is 1. The fourth-order valence-electron chi connectivity index (χ4n) is 1.67. The van der Waals surface area contributed by atoms with E-state index in [4.69, 9.17) is 37.7 Å². The van der Waals surface area contributed by atoms with Crippen molar-refractivity contribution in [3.63, 3.8) is 0 Å². The Bertz CT molecular complexity index is 1510. The zero-order valence-electron chi connectivity index (χ0n) is 38.3. The Balaban J connectivity index is 3.00. The lowest BCUT2D eigenvalue weighted by atomic mass is 9.73. The molecule has 1 aliphatic carbocycles. The van der Waals surface area contributed by atoms with Crippen LogP contribution in [0.2, 0.25) is 0 Å². The van der Waals surface area contributed by atoms with Gasteiger partial charge in [-0.15, -0.1) is 0 Å². The number of carbonyl (C=O) groups excluding carboxylic acids is 1. The molecule has 0 bridgehead atoms. The van der Waals surface area contributed by atoms with Gasteiger partial charge in [-0.25, -0.2) is 4.79 Å². The van der Waals surface area contributed by atoms with E-state index in [1.165, 1.54) is 0 Å². The number of nitrogens with zero attached hydrogens (tertiary/aromatic N) is 1. The van der Waals surface area contributed by atoms with Gasteiger partial charge < -0.3 is 9.85 Å². The van der Waals surface area contributed by atoms with E-state index < -0.39 is 125 Å². The van der Waals surface area contributed by atoms with Crippen LogP contribution in [0.3, 0.4) is 0 Å². The van der Waals surface area contributed by atoms with Gasteiger partial charge in [-0.2, -0.15) is 0 Å². The summed E-state index contributed by atoms with van der Waals surface area (Å²) in [5.41, 5.74) is -6.17. The molecule has 4 heteroatoms. The van der Waals surface area contributed by atoms with E-state index in [1.807, 2.05) is 5.92 Å². The molecular formula is C22H31NO3. The monoisotopic (exact) mass is 382 g/mol. The van der Waals surface area contributed by atoms with Gasteiger partial charge in [0.05, 0.1) is 16.1 Å². The smallest absolute Gasteiger partial charge is 0.344 e. The quantitative estimate of drug-likeness (QED) is 0.553. The van der Waals surface area contributed by atoms with Crippen LogP contribution in [0.25, 0.3) is 0 Å². The van der Waals surface area contributed by atoms with Crippen LogP contribution in [-0.2, 0) is 15.1 Å². The molecule has 1 aliphatic rings. The van der Waals surface area contributed by atoms with Crippen molar-refractivity contribution < 1.29 is 47.5 Å². The highest BCUT2D eigenvalue weighted by atomic mass is 16.5. The van der Waals surface area contributed by atoms with Crippen molar-refractivity contribution in [2.75, 3.05) is 26.2 Å². The SMILES string of the molecule is [2H]OC(C(=O)OCC#CC([2H])([2H])N(CC([2H])([2H])[2H])CC([2H])([2H])[2H])(c1c([2H])c([2H])c([2H])c([2H])c1[2H])C1([2H])C([2H])([2H])C([2H])([2H])C([2H])([2H])C([2H])([2H])C1([2H])[2H]. The maximum atomic E-state index is 14.1. The van der Waals surface area contributed by atoms with Crippen LogP contribution in [0.5, 0.6) is 0 Å². The summed E-state index contributed by atoms with van der Waals surface area (Å²) in [7, 11) is 0. The predicted molar refractivity (Wildman–Crippen MR) is 103 cm³/mol. The lowest BCUT2D eigenvalue weighted by molar-refractivity contribution is -0.174. The molecule has 142 valence electrons. The molecule has 0 heterocycles. The average Bonchev–Trinajstić information content (AvgIpc) is 2.96. The van der Waals surface area contributed by atoms with E-state index in [0.29, 0.717) is 4.90 Å². The van der Waals surface area contributed by atoms with Gasteiger partial charge in [0.25, 0.3) is 0 Å². The van der Waals surface area contributed by atoms with E-state index in [2.05, 4.69) is 5.11 Å². The highest BCUT2D eigenvalue weighted by molar-refractivity contribution is 5.81. The Morgan fingerprint density at radius 1 is 1.42 bits per heavy atom. The summed E-state index contributed by atoms with van der Waals surface area (Å²) in [5.74, 6) is -3.46. The number of hydrogen-bond donors (Lipinski definition) is 1. The van der Waals surface area contributed by atoms with E-state index >= 15 is 0 Å². The Labute approximate surface area is 192 Å². The lowest BCUT2D eigenvalue weighted by Crippen LogP contribution is -2.45. The molecule has 0 aliphatic heterocycles. The first-order chi connectivity index (χ1) is 22.4. The van der Waals surface area contributed by atoms with E-state index in [0.717, 1.165) is 0 Å². The fourth-order valence-corrected chi connectivity index (χ4v) is 1.67. The minimum atomic E-state index is -4.68. The van der Waals surface area contributed by atoms with E-state index in [9.17, 15) is 6.17 Å². The van der Waals surface area contributed by atoms with Crippen LogP contribution >= 0.6 is 0 Å². The highest BCUT2D eigenvalue weighted by Crippen LogP contribution is 2.40. The largest absolute Gasteiger partial charge is 0.450 e. The molecule has 0 radical (unpaired) electrons. The first-order valence-electron chi connectivity index (χ1n) is 19.5. The second-order valence-corrected chi connectivity index (χ2v) is 4.53. The van der Waals surface area contributed by atoms with E-state index in [-0.39, 0.29) is 0 Å². The van der Waals surface area contributed by atoms with Gasteiger partial charge in [-0.05, 0) is 31.4 Å². The Hall–Kier alpha value is -1.83. The Morgan fingerprint density at radius 3 is 2.81 bits per heavy atom. The molecule has 26 heavy (non-hydrogen) atoms. The van der Waals surface area contributed by atoms with Crippen LogP contribution in [-0.4, -0.2) is 43.6 Å². The third kappa shape index (κ3) is 5.09. The van der Waals surface area contributed by atoms with Crippen LogP contribution in [0.1, 0.15) is 84.0 Å². The molecule has 1 unspecified atom stereocenters. The van der Waals surface area contributed by atoms with Crippen molar-refractivity contribution in [3.05, 3.63) is 35.8 Å². The molecule has 1 aromatic rings. The number of rotatable bonds is 8. The fraction of sp³-hybridized carbons (Fsp3) is 0.591. The molecule has 0 amide bonds. The Morgan fingerprint density at radius 2 is 2.15 bits per heavy atom. The Kier molecular flexibility index (Phi) is 2.05. The highest BCUT2D eigenvalue weighted by Gasteiger charge is 2.46. The molecule has 0 saturated heterocycles. The van der Waals surface area contributed by atoms with Gasteiger partial charge >= 0.3 is 5.97 Å². The summed E-state index contributed by atoms with van der Waals surface area (Å²) >= 11 is 0. The zero-order valence-corrected chi connectivity index (χ0v) is 13.3. The number of ether oxygens (including phenoxy) is 1. The molecule has 4 nitrogen and oxygen atoms in total. The van der Waals surface area contributed by atoms with E-state index in [1.54, 1.807) is 5.92 Å². The molecule has 1 N–H and O–H groups in total. The molecule has 1 atom stereocenters. The van der Waals surface area contributed by atoms with Crippen molar-refractivity contribution >= 4 is 5.97 Å². The van der Waals surface area contributed by atoms with Crippen molar-refractivity contribution in [2.24, 2.45) is 5.89 Å². The van der Waals surface area contributed by atoms with Gasteiger partial charge in [0, 0.05) is 29.2 Å². The van der Waals surface area contributed by atoms with Crippen molar-refractivity contribution in [2.45, 2.75) is 51.2 Å². The maximum absolute atomic E-state index is 14.1. The van der Waals surface area contributed by atoms with Gasteiger partial charge in [-0.1, -0.05) is 74.9 Å². The first kappa shape index (κ1) is 5.16. The number of benzene rings is 1. The van der Waals surface area contributed by atoms with Crippen molar-refractivity contribution in [1.82, 2.24) is 4.90 Å². The van der Waals surface area contributed by atoms with Gasteiger partial charge in [0.2, 0.25) is 1.43 Å². The van der Waals surface area contributed by atoms with Crippen molar-refractivity contribution in [3.8, 4) is 11.8 Å². The number of carbonyl (C=O) groups is 1. The molecule has 1 fully saturated rings. The summed E-state index contributed by atoms with van der Waals surface area (Å²) in [6.45, 7) is -12.7. The number of esters is 1. The molecule has 1 saturated carbocycles. The van der Waals surface area contributed by atoms with Gasteiger partial charge in [-0.3, -0.25) is 4.90 Å². The molecule has 0 spiro atoms. The van der Waals surface area contributed by atoms with Crippen LogP contribution < -0.4 is 0 Å². The van der Waals surface area contributed by atoms with Crippen LogP contribution in [0, 0.1) is 17.7 Å². The zero-order chi connectivity index (χ0) is 40.6. The minimum Gasteiger partial charge on any atom is -0.450 e. The number of hydrogen-bond acceptors (Lipinski definition) is 4. The molecule has 2 rings (SSSR count). The van der Waals surface area contributed by atoms with Crippen molar-refractivity contribution in [1.29, 1.82) is 1.43 Å². The van der Waals surface area contributed by atoms with Gasteiger partial charge in [0.1, 0.15) is 0 Å². The normalized spacial score (nSPS) is 43.7. The lowest BCUT2D eigenvalue weighted by Gasteiger charge is -2.36. The average molecular weight is 383 g/mol. The van der Waals surface area contributed by atoms with Gasteiger partial charge in [0.15, 0.2) is 12.2 Å². The molecule has 0 aromatic heterocycles. The summed E-state index contributed by atoms with van der Waals surface area (Å²) in [5, 5.41) is 4.44. The minimum absolute atomic E-state index is 0.299. The topological polar surface area (TPSA) is 49.8 Å². The third-order valence-corrected chi connectivity index (χ3v) is 2.95. The summed E-state index contributed by atoms with van der Waals surface area (Å²) in [4.78, 5) is 14.4. The third-order valence-electron chi connectivity index (χ3n) is 2.95. The van der Waals surface area contributed by atoms with Crippen LogP contribution in [0.4, 0.5) is 0 Å². The molecule has 1 aromatic carbocycles. The summed E-state index contributed by atoms with van der Waals surface area (Å²) < 4.78 is 207. The van der Waals surface area contributed by atoms with Crippen LogP contribution in [0.15, 0.2) is 30.2 Å². The second kappa shape index (κ2) is 10.4. The maximum Gasteiger partial charge on any atom is 0.344 e. The predicted octanol–water partition coefficient (Wildman–Crippen LogP) is 3.34. The summed E-state index contributed by atoms with van der Waals surface area (Å²) in [6.07, 6.45) is -21.9.